The quantitative estimate of drug-likeness (QED) is 0.391. The van der Waals surface area contributed by atoms with Crippen molar-refractivity contribution in [1.82, 2.24) is 9.62 Å². The molecule has 0 atom stereocenters. The van der Waals surface area contributed by atoms with E-state index in [1.165, 1.54) is 0 Å². The first-order valence-electron chi connectivity index (χ1n) is 12.7. The van der Waals surface area contributed by atoms with Crippen LogP contribution in [0, 0.1) is 0 Å². The molecule has 0 aliphatic carbocycles. The standard InChI is InChI=1S/C28H38N4O3S/c1-30(2)25-14-9-12-24-23(25)11-10-16-28(24)36(33,34)29-17-7-4-8-18-31-19-21-32(22-20-31)26-13-5-6-15-27(26)35-3/h5-6,9-16,29H,4,7-8,17-22H2,1-3H3. The van der Waals surface area contributed by atoms with E-state index in [1.54, 1.807) is 13.2 Å². The number of methoxy groups -OCH3 is 1. The molecular weight excluding hydrogens is 472 g/mol. The number of para-hydroxylation sites is 2. The number of nitrogens with zero attached hydrogens (tertiary/aromatic N) is 3. The third kappa shape index (κ3) is 6.11. The molecule has 3 aromatic carbocycles. The van der Waals surface area contributed by atoms with Crippen molar-refractivity contribution in [3.8, 4) is 5.75 Å². The van der Waals surface area contributed by atoms with Gasteiger partial charge in [0.05, 0.1) is 17.7 Å². The summed E-state index contributed by atoms with van der Waals surface area (Å²) in [5.74, 6) is 0.926. The topological polar surface area (TPSA) is 65.1 Å². The summed E-state index contributed by atoms with van der Waals surface area (Å²) in [6.07, 6.45) is 2.89. The van der Waals surface area contributed by atoms with Crippen LogP contribution in [0.4, 0.5) is 11.4 Å². The average Bonchev–Trinajstić information content (AvgIpc) is 2.90. The van der Waals surface area contributed by atoms with Crippen LogP contribution in [0.2, 0.25) is 0 Å². The van der Waals surface area contributed by atoms with Gasteiger partial charge in [-0.25, -0.2) is 13.1 Å². The van der Waals surface area contributed by atoms with Gasteiger partial charge in [-0.05, 0) is 43.7 Å². The molecule has 4 rings (SSSR count). The summed E-state index contributed by atoms with van der Waals surface area (Å²) >= 11 is 0. The van der Waals surface area contributed by atoms with Crippen molar-refractivity contribution in [3.63, 3.8) is 0 Å². The van der Waals surface area contributed by atoms with Gasteiger partial charge in [0, 0.05) is 63.3 Å². The Labute approximate surface area is 215 Å². The molecule has 0 bridgehead atoms. The number of fused-ring (bicyclic) bond motifs is 1. The van der Waals surface area contributed by atoms with Gasteiger partial charge in [-0.15, -0.1) is 0 Å². The number of benzene rings is 3. The molecule has 1 N–H and O–H groups in total. The molecule has 1 heterocycles. The zero-order valence-corrected chi connectivity index (χ0v) is 22.4. The van der Waals surface area contributed by atoms with Crippen LogP contribution < -0.4 is 19.3 Å². The summed E-state index contributed by atoms with van der Waals surface area (Å²) in [5.41, 5.74) is 2.17. The maximum Gasteiger partial charge on any atom is 0.241 e. The van der Waals surface area contributed by atoms with E-state index in [2.05, 4.69) is 26.7 Å². The third-order valence-corrected chi connectivity index (χ3v) is 8.39. The van der Waals surface area contributed by atoms with Gasteiger partial charge >= 0.3 is 0 Å². The maximum absolute atomic E-state index is 13.1. The molecule has 8 heteroatoms. The van der Waals surface area contributed by atoms with Crippen molar-refractivity contribution in [2.45, 2.75) is 24.2 Å². The fraction of sp³-hybridized carbons (Fsp3) is 0.429. The second-order valence-corrected chi connectivity index (χ2v) is 11.2. The summed E-state index contributed by atoms with van der Waals surface area (Å²) in [6, 6.07) is 19.5. The average molecular weight is 511 g/mol. The van der Waals surface area contributed by atoms with E-state index in [0.29, 0.717) is 11.4 Å². The lowest BCUT2D eigenvalue weighted by Crippen LogP contribution is -2.46. The van der Waals surface area contributed by atoms with Gasteiger partial charge in [-0.3, -0.25) is 4.90 Å². The fourth-order valence-corrected chi connectivity index (χ4v) is 6.21. The smallest absolute Gasteiger partial charge is 0.241 e. The molecule has 0 unspecified atom stereocenters. The van der Waals surface area contributed by atoms with E-state index >= 15 is 0 Å². The molecule has 1 fully saturated rings. The van der Waals surface area contributed by atoms with Crippen molar-refractivity contribution in [1.29, 1.82) is 0 Å². The number of hydrogen-bond donors (Lipinski definition) is 1. The molecule has 0 amide bonds. The van der Waals surface area contributed by atoms with Crippen LogP contribution in [0.5, 0.6) is 5.75 Å². The summed E-state index contributed by atoms with van der Waals surface area (Å²) < 4.78 is 34.4. The molecule has 36 heavy (non-hydrogen) atoms. The van der Waals surface area contributed by atoms with Crippen molar-refractivity contribution in [2.24, 2.45) is 0 Å². The molecule has 3 aromatic rings. The van der Waals surface area contributed by atoms with E-state index < -0.39 is 10.0 Å². The van der Waals surface area contributed by atoms with Crippen molar-refractivity contribution in [3.05, 3.63) is 60.7 Å². The lowest BCUT2D eigenvalue weighted by molar-refractivity contribution is 0.251. The number of hydrogen-bond acceptors (Lipinski definition) is 6. The first kappa shape index (κ1) is 26.3. The molecule has 0 radical (unpaired) electrons. The van der Waals surface area contributed by atoms with Crippen LogP contribution in [0.25, 0.3) is 10.8 Å². The van der Waals surface area contributed by atoms with Gasteiger partial charge in [-0.1, -0.05) is 42.8 Å². The molecule has 0 spiro atoms. The van der Waals surface area contributed by atoms with Crippen LogP contribution in [0.3, 0.4) is 0 Å². The lowest BCUT2D eigenvalue weighted by Gasteiger charge is -2.36. The van der Waals surface area contributed by atoms with Gasteiger partial charge in [0.1, 0.15) is 5.75 Å². The number of piperazine rings is 1. The molecule has 0 saturated carbocycles. The molecule has 1 aliphatic rings. The molecule has 0 aromatic heterocycles. The molecular formula is C28H38N4O3S. The van der Waals surface area contributed by atoms with E-state index in [4.69, 9.17) is 4.74 Å². The second kappa shape index (κ2) is 12.0. The van der Waals surface area contributed by atoms with Gasteiger partial charge in [0.15, 0.2) is 0 Å². The number of nitrogens with one attached hydrogen (secondary N) is 1. The predicted octanol–water partition coefficient (Wildman–Crippen LogP) is 4.19. The Kier molecular flexibility index (Phi) is 8.72. The lowest BCUT2D eigenvalue weighted by atomic mass is 10.1. The number of unbranched alkanes of at least 4 members (excludes halogenated alkanes) is 2. The molecule has 1 aliphatic heterocycles. The largest absolute Gasteiger partial charge is 0.495 e. The summed E-state index contributed by atoms with van der Waals surface area (Å²) in [7, 11) is 2.08. The highest BCUT2D eigenvalue weighted by atomic mass is 32.2. The number of sulfonamides is 1. The van der Waals surface area contributed by atoms with Crippen LogP contribution in [0.1, 0.15) is 19.3 Å². The second-order valence-electron chi connectivity index (χ2n) is 9.48. The highest BCUT2D eigenvalue weighted by Gasteiger charge is 2.20. The van der Waals surface area contributed by atoms with Crippen LogP contribution >= 0.6 is 0 Å². The first-order chi connectivity index (χ1) is 17.4. The third-order valence-electron chi connectivity index (χ3n) is 6.87. The SMILES string of the molecule is COc1ccccc1N1CCN(CCCCCNS(=O)(=O)c2cccc3c(N(C)C)cccc23)CC1. The van der Waals surface area contributed by atoms with E-state index in [-0.39, 0.29) is 0 Å². The molecule has 1 saturated heterocycles. The minimum atomic E-state index is -3.57. The number of anilines is 2. The van der Waals surface area contributed by atoms with Gasteiger partial charge < -0.3 is 14.5 Å². The fourth-order valence-electron chi connectivity index (χ4n) is 4.91. The van der Waals surface area contributed by atoms with Crippen molar-refractivity contribution < 1.29 is 13.2 Å². The number of rotatable bonds is 11. The Morgan fingerprint density at radius 3 is 2.33 bits per heavy atom. The zero-order chi connectivity index (χ0) is 25.5. The Bertz CT molecular complexity index is 1250. The van der Waals surface area contributed by atoms with E-state index in [9.17, 15) is 8.42 Å². The first-order valence-corrected chi connectivity index (χ1v) is 14.2. The van der Waals surface area contributed by atoms with E-state index in [0.717, 1.165) is 79.9 Å². The Morgan fingerprint density at radius 2 is 1.58 bits per heavy atom. The highest BCUT2D eigenvalue weighted by molar-refractivity contribution is 7.89. The van der Waals surface area contributed by atoms with E-state index in [1.807, 2.05) is 61.5 Å². The van der Waals surface area contributed by atoms with Crippen LogP contribution in [-0.4, -0.2) is 73.8 Å². The zero-order valence-electron chi connectivity index (χ0n) is 21.6. The van der Waals surface area contributed by atoms with Crippen molar-refractivity contribution >= 4 is 32.2 Å². The predicted molar refractivity (Wildman–Crippen MR) is 149 cm³/mol. The molecule has 194 valence electrons. The summed E-state index contributed by atoms with van der Waals surface area (Å²) in [5, 5.41) is 1.69. The van der Waals surface area contributed by atoms with Crippen molar-refractivity contribution in [2.75, 3.05) is 70.3 Å². The number of ether oxygens (including phenoxy) is 1. The van der Waals surface area contributed by atoms with Gasteiger partial charge in [0.2, 0.25) is 10.0 Å². The van der Waals surface area contributed by atoms with Crippen LogP contribution in [0.15, 0.2) is 65.6 Å². The molecule has 7 nitrogen and oxygen atoms in total. The van der Waals surface area contributed by atoms with Crippen LogP contribution in [-0.2, 0) is 10.0 Å². The Balaban J connectivity index is 1.21. The highest BCUT2D eigenvalue weighted by Crippen LogP contribution is 2.30. The monoisotopic (exact) mass is 510 g/mol. The minimum Gasteiger partial charge on any atom is -0.495 e. The Morgan fingerprint density at radius 1 is 0.861 bits per heavy atom. The summed E-state index contributed by atoms with van der Waals surface area (Å²) in [4.78, 5) is 7.23. The normalized spacial score (nSPS) is 14.8. The maximum atomic E-state index is 13.1. The summed E-state index contributed by atoms with van der Waals surface area (Å²) in [6.45, 7) is 5.53. The Hall–Kier alpha value is -2.81. The van der Waals surface area contributed by atoms with Gasteiger partial charge in [-0.2, -0.15) is 0 Å². The minimum absolute atomic E-state index is 0.344. The van der Waals surface area contributed by atoms with Gasteiger partial charge in [0.25, 0.3) is 0 Å².